The van der Waals surface area contributed by atoms with Crippen molar-refractivity contribution in [3.05, 3.63) is 82.1 Å². The number of benzene rings is 2. The topological polar surface area (TPSA) is 42.2 Å². The highest BCUT2D eigenvalue weighted by molar-refractivity contribution is 6.33. The first-order valence-electron chi connectivity index (χ1n) is 7.76. The third-order valence-electron chi connectivity index (χ3n) is 3.82. The second-order valence-corrected chi connectivity index (χ2v) is 6.12. The van der Waals surface area contributed by atoms with Crippen molar-refractivity contribution in [1.82, 2.24) is 5.32 Å². The van der Waals surface area contributed by atoms with Crippen LogP contribution in [0.3, 0.4) is 0 Å². The maximum absolute atomic E-state index is 11.0. The number of rotatable bonds is 6. The summed E-state index contributed by atoms with van der Waals surface area (Å²) in [6, 6.07) is 17.6. The fourth-order valence-electron chi connectivity index (χ4n) is 2.45. The average molecular weight is 340 g/mol. The van der Waals surface area contributed by atoms with Crippen LogP contribution in [0.15, 0.2) is 59.0 Å². The van der Waals surface area contributed by atoms with Crippen LogP contribution in [0.5, 0.6) is 0 Å². The molecule has 3 aromatic rings. The summed E-state index contributed by atoms with van der Waals surface area (Å²) in [5.41, 5.74) is 3.80. The fraction of sp³-hybridized carbons (Fsp3) is 0.150. The molecule has 3 nitrogen and oxygen atoms in total. The molecule has 24 heavy (non-hydrogen) atoms. The Balaban J connectivity index is 1.63. The molecule has 0 saturated heterocycles. The Kier molecular flexibility index (Phi) is 5.14. The molecule has 0 aliphatic carbocycles. The van der Waals surface area contributed by atoms with Crippen LogP contribution in [0, 0.1) is 6.92 Å². The number of furan rings is 1. The van der Waals surface area contributed by atoms with Gasteiger partial charge in [0, 0.05) is 17.7 Å². The van der Waals surface area contributed by atoms with E-state index in [9.17, 15) is 4.79 Å². The van der Waals surface area contributed by atoms with Crippen LogP contribution in [0.25, 0.3) is 11.3 Å². The Bertz CT molecular complexity index is 837. The van der Waals surface area contributed by atoms with Gasteiger partial charge in [0.15, 0.2) is 6.29 Å². The van der Waals surface area contributed by atoms with E-state index < -0.39 is 0 Å². The monoisotopic (exact) mass is 339 g/mol. The first-order valence-corrected chi connectivity index (χ1v) is 8.13. The highest BCUT2D eigenvalue weighted by atomic mass is 35.5. The third kappa shape index (κ3) is 3.94. The van der Waals surface area contributed by atoms with Crippen molar-refractivity contribution in [2.24, 2.45) is 0 Å². The van der Waals surface area contributed by atoms with Gasteiger partial charge in [-0.05, 0) is 42.8 Å². The van der Waals surface area contributed by atoms with E-state index >= 15 is 0 Å². The molecule has 0 fully saturated rings. The summed E-state index contributed by atoms with van der Waals surface area (Å²) in [7, 11) is 0. The van der Waals surface area contributed by atoms with E-state index in [1.165, 1.54) is 11.1 Å². The summed E-state index contributed by atoms with van der Waals surface area (Å²) in [4.78, 5) is 11.0. The van der Waals surface area contributed by atoms with Gasteiger partial charge in [-0.25, -0.2) is 0 Å². The fourth-order valence-corrected chi connectivity index (χ4v) is 2.61. The molecule has 122 valence electrons. The zero-order valence-corrected chi connectivity index (χ0v) is 14.1. The van der Waals surface area contributed by atoms with Gasteiger partial charge in [0.25, 0.3) is 0 Å². The van der Waals surface area contributed by atoms with Crippen molar-refractivity contribution in [2.75, 3.05) is 0 Å². The molecular weight excluding hydrogens is 322 g/mol. The first-order chi connectivity index (χ1) is 11.7. The van der Waals surface area contributed by atoms with Gasteiger partial charge >= 0.3 is 0 Å². The minimum absolute atomic E-state index is 0.445. The predicted octanol–water partition coefficient (Wildman–Crippen LogP) is 5.01. The number of carbonyl (C=O) groups is 1. The van der Waals surface area contributed by atoms with E-state index in [4.69, 9.17) is 16.0 Å². The standard InChI is InChI=1S/C20H18ClNO2/c1-14-2-4-15(5-3-14)11-22-12-18-7-9-20(24-18)16-6-8-19(21)17(10-16)13-23/h2-10,13,22H,11-12H2,1H3. The van der Waals surface area contributed by atoms with Gasteiger partial charge in [0.05, 0.1) is 11.6 Å². The maximum Gasteiger partial charge on any atom is 0.151 e. The molecule has 1 aromatic heterocycles. The molecule has 0 amide bonds. The summed E-state index contributed by atoms with van der Waals surface area (Å²) in [5, 5.41) is 3.81. The molecule has 0 atom stereocenters. The van der Waals surface area contributed by atoms with E-state index in [1.54, 1.807) is 12.1 Å². The van der Waals surface area contributed by atoms with Crippen LogP contribution >= 0.6 is 11.6 Å². The zero-order chi connectivity index (χ0) is 16.9. The second-order valence-electron chi connectivity index (χ2n) is 5.71. The molecule has 0 aliphatic heterocycles. The van der Waals surface area contributed by atoms with Crippen LogP contribution in [-0.2, 0) is 13.1 Å². The van der Waals surface area contributed by atoms with E-state index in [0.717, 1.165) is 29.9 Å². The third-order valence-corrected chi connectivity index (χ3v) is 4.16. The van der Waals surface area contributed by atoms with Gasteiger partial charge in [-0.1, -0.05) is 41.4 Å². The molecule has 3 rings (SSSR count). The average Bonchev–Trinajstić information content (AvgIpc) is 3.06. The minimum Gasteiger partial charge on any atom is -0.460 e. The lowest BCUT2D eigenvalue weighted by molar-refractivity contribution is 0.112. The van der Waals surface area contributed by atoms with Gasteiger partial charge in [-0.15, -0.1) is 0 Å². The normalized spacial score (nSPS) is 10.8. The molecule has 1 N–H and O–H groups in total. The lowest BCUT2D eigenvalue weighted by atomic mass is 10.1. The highest BCUT2D eigenvalue weighted by Crippen LogP contribution is 2.26. The number of nitrogens with one attached hydrogen (secondary N) is 1. The molecule has 0 unspecified atom stereocenters. The summed E-state index contributed by atoms with van der Waals surface area (Å²) >= 11 is 5.95. The van der Waals surface area contributed by atoms with Gasteiger partial charge in [0.2, 0.25) is 0 Å². The Morgan fingerprint density at radius 3 is 2.58 bits per heavy atom. The smallest absolute Gasteiger partial charge is 0.151 e. The van der Waals surface area contributed by atoms with Crippen molar-refractivity contribution < 1.29 is 9.21 Å². The van der Waals surface area contributed by atoms with Crippen molar-refractivity contribution in [3.63, 3.8) is 0 Å². The number of halogens is 1. The van der Waals surface area contributed by atoms with Gasteiger partial charge < -0.3 is 9.73 Å². The first kappa shape index (κ1) is 16.5. The quantitative estimate of drug-likeness (QED) is 0.642. The van der Waals surface area contributed by atoms with Crippen molar-refractivity contribution in [2.45, 2.75) is 20.0 Å². The summed E-state index contributed by atoms with van der Waals surface area (Å²) in [6.45, 7) is 3.50. The van der Waals surface area contributed by atoms with Crippen LogP contribution in [0.4, 0.5) is 0 Å². The number of carbonyl (C=O) groups excluding carboxylic acids is 1. The second kappa shape index (κ2) is 7.47. The van der Waals surface area contributed by atoms with Crippen LogP contribution < -0.4 is 5.32 Å². The maximum atomic E-state index is 11.0. The minimum atomic E-state index is 0.445. The van der Waals surface area contributed by atoms with Crippen LogP contribution in [-0.4, -0.2) is 6.29 Å². The number of aryl methyl sites for hydroxylation is 1. The van der Waals surface area contributed by atoms with Crippen molar-refractivity contribution >= 4 is 17.9 Å². The summed E-state index contributed by atoms with van der Waals surface area (Å²) in [6.07, 6.45) is 0.749. The molecule has 0 bridgehead atoms. The van der Waals surface area contributed by atoms with E-state index in [1.807, 2.05) is 18.2 Å². The predicted molar refractivity (Wildman–Crippen MR) is 96.3 cm³/mol. The van der Waals surface area contributed by atoms with Gasteiger partial charge in [0.1, 0.15) is 11.5 Å². The van der Waals surface area contributed by atoms with Gasteiger partial charge in [-0.2, -0.15) is 0 Å². The largest absolute Gasteiger partial charge is 0.460 e. The summed E-state index contributed by atoms with van der Waals surface area (Å²) in [5.74, 6) is 1.57. The van der Waals surface area contributed by atoms with Gasteiger partial charge in [-0.3, -0.25) is 4.79 Å². The lowest BCUT2D eigenvalue weighted by Crippen LogP contribution is -2.11. The Morgan fingerprint density at radius 2 is 1.83 bits per heavy atom. The Labute approximate surface area is 146 Å². The molecule has 0 aliphatic rings. The SMILES string of the molecule is Cc1ccc(CNCc2ccc(-c3ccc(Cl)c(C=O)c3)o2)cc1. The zero-order valence-electron chi connectivity index (χ0n) is 13.4. The number of hydrogen-bond donors (Lipinski definition) is 1. The lowest BCUT2D eigenvalue weighted by Gasteiger charge is -2.04. The van der Waals surface area contributed by atoms with Crippen LogP contribution in [0.1, 0.15) is 27.2 Å². The molecule has 1 heterocycles. The molecule has 0 radical (unpaired) electrons. The Morgan fingerprint density at radius 1 is 1.04 bits per heavy atom. The molecule has 2 aromatic carbocycles. The van der Waals surface area contributed by atoms with E-state index in [2.05, 4.69) is 36.5 Å². The Hall–Kier alpha value is -2.36. The summed E-state index contributed by atoms with van der Waals surface area (Å²) < 4.78 is 5.84. The molecule has 0 spiro atoms. The van der Waals surface area contributed by atoms with Crippen molar-refractivity contribution in [1.29, 1.82) is 0 Å². The molecule has 0 saturated carbocycles. The molecular formula is C20H18ClNO2. The number of aldehydes is 1. The van der Waals surface area contributed by atoms with E-state index in [0.29, 0.717) is 17.1 Å². The highest BCUT2D eigenvalue weighted by Gasteiger charge is 2.07. The van der Waals surface area contributed by atoms with E-state index in [-0.39, 0.29) is 0 Å². The van der Waals surface area contributed by atoms with Crippen molar-refractivity contribution in [3.8, 4) is 11.3 Å². The molecule has 4 heteroatoms. The van der Waals surface area contributed by atoms with Crippen LogP contribution in [0.2, 0.25) is 5.02 Å². The number of hydrogen-bond acceptors (Lipinski definition) is 3.